The number of carboxylic acid groups (broad SMARTS) is 2. The summed E-state index contributed by atoms with van der Waals surface area (Å²) in [5.74, 6) is -3.51. The average Bonchev–Trinajstić information content (AvgIpc) is 3.10. The number of nitrogens with two attached hydrogens (primary N) is 1. The van der Waals surface area contributed by atoms with Crippen molar-refractivity contribution in [1.82, 2.24) is 14.7 Å². The minimum atomic E-state index is -1.54. The van der Waals surface area contributed by atoms with Crippen molar-refractivity contribution >= 4 is 29.3 Å². The van der Waals surface area contributed by atoms with Crippen molar-refractivity contribution in [1.29, 1.82) is 5.41 Å². The lowest BCUT2D eigenvalue weighted by Crippen LogP contribution is -2.42. The molecule has 3 rings (SSSR count). The van der Waals surface area contributed by atoms with E-state index in [1.54, 1.807) is 41.1 Å². The highest BCUT2D eigenvalue weighted by Gasteiger charge is 2.23. The first-order valence-electron chi connectivity index (χ1n) is 8.43. The monoisotopic (exact) mass is 395 g/mol. The predicted molar refractivity (Wildman–Crippen MR) is 103 cm³/mol. The number of nitrogens with zero attached hydrogens (tertiary/aromatic N) is 2. The van der Waals surface area contributed by atoms with Crippen LogP contribution in [0.2, 0.25) is 0 Å². The van der Waals surface area contributed by atoms with Gasteiger partial charge < -0.3 is 25.7 Å². The topological polar surface area (TPSA) is 171 Å². The van der Waals surface area contributed by atoms with Gasteiger partial charge in [-0.3, -0.25) is 15.0 Å². The van der Waals surface area contributed by atoms with E-state index in [-0.39, 0.29) is 11.4 Å². The van der Waals surface area contributed by atoms with Gasteiger partial charge in [-0.1, -0.05) is 24.3 Å². The number of aromatic nitrogens is 2. The van der Waals surface area contributed by atoms with Crippen molar-refractivity contribution in [3.8, 4) is 11.3 Å². The lowest BCUT2D eigenvalue weighted by atomic mass is 10.1. The molecule has 2 aromatic heterocycles. The molecular formula is C19H17N5O5. The number of benzene rings is 1. The van der Waals surface area contributed by atoms with Crippen molar-refractivity contribution < 1.29 is 24.6 Å². The Hall–Kier alpha value is -4.21. The van der Waals surface area contributed by atoms with E-state index in [2.05, 4.69) is 10.3 Å². The zero-order chi connectivity index (χ0) is 21.1. The van der Waals surface area contributed by atoms with Gasteiger partial charge in [-0.15, -0.1) is 0 Å². The van der Waals surface area contributed by atoms with Gasteiger partial charge in [0.2, 0.25) is 0 Å². The van der Waals surface area contributed by atoms with Crippen LogP contribution in [-0.4, -0.2) is 49.3 Å². The molecule has 0 spiro atoms. The molecule has 6 N–H and O–H groups in total. The predicted octanol–water partition coefficient (Wildman–Crippen LogP) is 0.943. The van der Waals surface area contributed by atoms with Crippen LogP contribution in [0.25, 0.3) is 16.9 Å². The average molecular weight is 395 g/mol. The van der Waals surface area contributed by atoms with Gasteiger partial charge in [-0.25, -0.2) is 9.78 Å². The summed E-state index contributed by atoms with van der Waals surface area (Å²) in [6.07, 6.45) is 2.62. The number of hydrogen-bond acceptors (Lipinski definition) is 5. The number of hydrogen-bond donors (Lipinski definition) is 5. The Morgan fingerprint density at radius 2 is 1.83 bits per heavy atom. The Bertz CT molecular complexity index is 1120. The number of carbonyl (C=O) groups excluding carboxylic acids is 1. The summed E-state index contributed by atoms with van der Waals surface area (Å²) >= 11 is 0. The maximum Gasteiger partial charge on any atom is 0.326 e. The fourth-order valence-electron chi connectivity index (χ4n) is 2.70. The SMILES string of the molecule is N=C(N)c1ccc(-c2cn3ccc(C(=O)N[C@@H](CC(=O)O)C(=O)O)cc3n2)cc1. The molecule has 1 amide bonds. The van der Waals surface area contributed by atoms with E-state index < -0.39 is 30.3 Å². The molecule has 0 saturated heterocycles. The second-order valence-corrected chi connectivity index (χ2v) is 6.26. The largest absolute Gasteiger partial charge is 0.481 e. The van der Waals surface area contributed by atoms with E-state index in [1.165, 1.54) is 12.1 Å². The molecule has 148 valence electrons. The highest BCUT2D eigenvalue weighted by Crippen LogP contribution is 2.20. The Morgan fingerprint density at radius 3 is 2.41 bits per heavy atom. The number of imidazole rings is 1. The van der Waals surface area contributed by atoms with Gasteiger partial charge in [0.25, 0.3) is 5.91 Å². The van der Waals surface area contributed by atoms with Gasteiger partial charge in [0, 0.05) is 29.1 Å². The quantitative estimate of drug-likeness (QED) is 0.293. The van der Waals surface area contributed by atoms with Crippen LogP contribution < -0.4 is 11.1 Å². The van der Waals surface area contributed by atoms with Gasteiger partial charge in [0.15, 0.2) is 0 Å². The third-order valence-electron chi connectivity index (χ3n) is 4.20. The van der Waals surface area contributed by atoms with Gasteiger partial charge in [0.1, 0.15) is 17.5 Å². The molecule has 2 heterocycles. The Balaban J connectivity index is 1.84. The molecule has 0 aliphatic rings. The highest BCUT2D eigenvalue weighted by molar-refractivity contribution is 5.98. The fraction of sp³-hybridized carbons (Fsp3) is 0.105. The number of amidine groups is 1. The summed E-state index contributed by atoms with van der Waals surface area (Å²) in [5, 5.41) is 27.4. The lowest BCUT2D eigenvalue weighted by molar-refractivity contribution is -0.145. The van der Waals surface area contributed by atoms with Gasteiger partial charge in [-0.05, 0) is 12.1 Å². The maximum absolute atomic E-state index is 12.3. The number of rotatable bonds is 7. The Morgan fingerprint density at radius 1 is 1.14 bits per heavy atom. The van der Waals surface area contributed by atoms with E-state index in [0.717, 1.165) is 5.56 Å². The van der Waals surface area contributed by atoms with E-state index >= 15 is 0 Å². The van der Waals surface area contributed by atoms with Gasteiger partial charge in [-0.2, -0.15) is 0 Å². The summed E-state index contributed by atoms with van der Waals surface area (Å²) in [4.78, 5) is 38.7. The minimum absolute atomic E-state index is 0.0373. The smallest absolute Gasteiger partial charge is 0.326 e. The van der Waals surface area contributed by atoms with Crippen molar-refractivity contribution in [3.05, 3.63) is 59.9 Å². The Kier molecular flexibility index (Phi) is 5.26. The zero-order valence-corrected chi connectivity index (χ0v) is 15.0. The molecule has 0 radical (unpaired) electrons. The summed E-state index contributed by atoms with van der Waals surface area (Å²) in [7, 11) is 0. The molecule has 0 aliphatic heterocycles. The first kappa shape index (κ1) is 19.5. The molecule has 29 heavy (non-hydrogen) atoms. The van der Waals surface area contributed by atoms with Crippen LogP contribution >= 0.6 is 0 Å². The normalized spacial score (nSPS) is 11.7. The molecule has 10 nitrogen and oxygen atoms in total. The fourth-order valence-corrected chi connectivity index (χ4v) is 2.70. The van der Waals surface area contributed by atoms with Crippen LogP contribution in [0.4, 0.5) is 0 Å². The first-order chi connectivity index (χ1) is 13.7. The van der Waals surface area contributed by atoms with Crippen molar-refractivity contribution in [3.63, 3.8) is 0 Å². The number of fused-ring (bicyclic) bond motifs is 1. The van der Waals surface area contributed by atoms with Crippen molar-refractivity contribution in [2.24, 2.45) is 5.73 Å². The summed E-state index contributed by atoms with van der Waals surface area (Å²) < 4.78 is 1.69. The molecule has 3 aromatic rings. The van der Waals surface area contributed by atoms with Gasteiger partial charge in [0.05, 0.1) is 12.1 Å². The standard InChI is InChI=1S/C19H17N5O5/c20-17(21)11-3-1-10(2-4-11)14-9-24-6-5-12(7-15(24)22-14)18(27)23-13(19(28)29)8-16(25)26/h1-7,9,13H,8H2,(H3,20,21)(H,23,27)(H,25,26)(H,28,29)/t13-/m0/s1. The van der Waals surface area contributed by atoms with E-state index in [0.29, 0.717) is 16.9 Å². The van der Waals surface area contributed by atoms with Crippen LogP contribution in [0.5, 0.6) is 0 Å². The van der Waals surface area contributed by atoms with E-state index in [1.807, 2.05) is 0 Å². The number of nitrogen functional groups attached to an aromatic ring is 1. The molecule has 0 fully saturated rings. The summed E-state index contributed by atoms with van der Waals surface area (Å²) in [6.45, 7) is 0. The molecule has 0 saturated carbocycles. The van der Waals surface area contributed by atoms with E-state index in [4.69, 9.17) is 21.4 Å². The third kappa shape index (κ3) is 4.38. The Labute approximate surface area is 164 Å². The molecule has 1 aromatic carbocycles. The number of carboxylic acids is 2. The molecule has 0 aliphatic carbocycles. The number of aliphatic carboxylic acids is 2. The second kappa shape index (κ2) is 7.80. The van der Waals surface area contributed by atoms with Crippen molar-refractivity contribution in [2.45, 2.75) is 12.5 Å². The van der Waals surface area contributed by atoms with Crippen LogP contribution in [0.3, 0.4) is 0 Å². The number of nitrogens with one attached hydrogen (secondary N) is 2. The minimum Gasteiger partial charge on any atom is -0.481 e. The second-order valence-electron chi connectivity index (χ2n) is 6.26. The number of amides is 1. The van der Waals surface area contributed by atoms with Crippen molar-refractivity contribution in [2.75, 3.05) is 0 Å². The summed E-state index contributed by atoms with van der Waals surface area (Å²) in [6, 6.07) is 8.37. The zero-order valence-electron chi connectivity index (χ0n) is 15.0. The molecule has 1 atom stereocenters. The number of carbonyl (C=O) groups is 3. The summed E-state index contributed by atoms with van der Waals surface area (Å²) in [5.41, 5.74) is 8.06. The molecular weight excluding hydrogens is 378 g/mol. The first-order valence-corrected chi connectivity index (χ1v) is 8.43. The van der Waals surface area contributed by atoms with Crippen LogP contribution in [-0.2, 0) is 9.59 Å². The maximum atomic E-state index is 12.3. The highest BCUT2D eigenvalue weighted by atomic mass is 16.4. The number of pyridine rings is 1. The third-order valence-corrected chi connectivity index (χ3v) is 4.20. The van der Waals surface area contributed by atoms with E-state index in [9.17, 15) is 14.4 Å². The molecule has 0 unspecified atom stereocenters. The van der Waals surface area contributed by atoms with Crippen LogP contribution in [0, 0.1) is 5.41 Å². The molecule has 0 bridgehead atoms. The lowest BCUT2D eigenvalue weighted by Gasteiger charge is -2.12. The van der Waals surface area contributed by atoms with Crippen LogP contribution in [0.1, 0.15) is 22.3 Å². The molecule has 10 heteroatoms. The van der Waals surface area contributed by atoms with Gasteiger partial charge >= 0.3 is 11.9 Å². The van der Waals surface area contributed by atoms with Crippen LogP contribution in [0.15, 0.2) is 48.8 Å².